The summed E-state index contributed by atoms with van der Waals surface area (Å²) in [5.74, 6) is -0.981. The maximum atomic E-state index is 9.60. The maximum absolute atomic E-state index is 9.60. The van der Waals surface area contributed by atoms with E-state index < -0.39 is 12.1 Å². The summed E-state index contributed by atoms with van der Waals surface area (Å²) in [5, 5.41) is 7.60. The van der Waals surface area contributed by atoms with Crippen molar-refractivity contribution < 1.29 is 24.9 Å². The molecule has 6 nitrogen and oxygen atoms in total. The molecule has 0 saturated heterocycles. The zero-order valence-electron chi connectivity index (χ0n) is 6.74. The topological polar surface area (TPSA) is 121 Å². The first kappa shape index (κ1) is 16.8. The summed E-state index contributed by atoms with van der Waals surface area (Å²) < 4.78 is 4.18. The fourth-order valence-corrected chi connectivity index (χ4v) is 0.142. The van der Waals surface area contributed by atoms with Crippen molar-refractivity contribution in [1.82, 2.24) is 0 Å². The van der Waals surface area contributed by atoms with Gasteiger partial charge in [0.05, 0.1) is 6.61 Å². The van der Waals surface area contributed by atoms with E-state index in [2.05, 4.69) is 17.0 Å². The fraction of sp³-hybridized carbons (Fsp3) is 0.333. The first-order chi connectivity index (χ1) is 5.04. The van der Waals surface area contributed by atoms with Crippen LogP contribution in [0.2, 0.25) is 0 Å². The van der Waals surface area contributed by atoms with Gasteiger partial charge >= 0.3 is 12.1 Å². The second kappa shape index (κ2) is 12.1. The molecule has 0 atom stereocenters. The average molecular weight is 179 g/mol. The van der Waals surface area contributed by atoms with Crippen LogP contribution in [0.4, 0.5) is 4.79 Å². The molecule has 72 valence electrons. The van der Waals surface area contributed by atoms with Crippen molar-refractivity contribution in [3.63, 3.8) is 0 Å². The molecule has 0 bridgehead atoms. The number of carbonyl (C=O) groups excluding carboxylic acids is 1. The van der Waals surface area contributed by atoms with Crippen LogP contribution in [0.3, 0.4) is 0 Å². The molecule has 0 aliphatic carbocycles. The van der Waals surface area contributed by atoms with E-state index in [9.17, 15) is 9.59 Å². The monoisotopic (exact) mass is 179 g/mol. The van der Waals surface area contributed by atoms with Crippen molar-refractivity contribution >= 4 is 12.1 Å². The van der Waals surface area contributed by atoms with E-state index in [4.69, 9.17) is 5.11 Å². The number of amides is 1. The highest BCUT2D eigenvalue weighted by molar-refractivity contribution is 5.78. The number of aliphatic carboxylic acids is 1. The smallest absolute Gasteiger partial charge is 0.404 e. The van der Waals surface area contributed by atoms with Crippen molar-refractivity contribution in [3.8, 4) is 0 Å². The van der Waals surface area contributed by atoms with E-state index in [0.29, 0.717) is 6.61 Å². The Balaban J connectivity index is -0.000000126. The molecule has 12 heavy (non-hydrogen) atoms. The number of nitrogens with two attached hydrogens (primary N) is 1. The molecule has 0 aliphatic rings. The lowest BCUT2D eigenvalue weighted by molar-refractivity contribution is -0.131. The van der Waals surface area contributed by atoms with Crippen molar-refractivity contribution in [2.45, 2.75) is 6.92 Å². The number of primary amides is 1. The molecular weight excluding hydrogens is 166 g/mol. The molecular formula is C6H13NO5. The van der Waals surface area contributed by atoms with Crippen LogP contribution in [0, 0.1) is 0 Å². The van der Waals surface area contributed by atoms with Gasteiger partial charge in [-0.15, -0.1) is 0 Å². The number of carboxylic acid groups (broad SMARTS) is 1. The zero-order chi connectivity index (χ0) is 9.28. The summed E-state index contributed by atoms with van der Waals surface area (Å²) in [7, 11) is 0. The van der Waals surface area contributed by atoms with Crippen molar-refractivity contribution in [2.24, 2.45) is 5.73 Å². The highest BCUT2D eigenvalue weighted by atomic mass is 16.5. The fourth-order valence-electron chi connectivity index (χ4n) is 0.142. The number of ether oxygens (including phenoxy) is 1. The van der Waals surface area contributed by atoms with E-state index in [0.717, 1.165) is 6.08 Å². The van der Waals surface area contributed by atoms with E-state index >= 15 is 0 Å². The lowest BCUT2D eigenvalue weighted by Crippen LogP contribution is -2.11. The SMILES string of the molecule is C=CC(=O)O.CCOC(N)=O.O. The van der Waals surface area contributed by atoms with Gasteiger partial charge in [-0.1, -0.05) is 6.58 Å². The number of carboxylic acids is 1. The Hall–Kier alpha value is -1.56. The molecule has 0 heterocycles. The molecule has 0 aromatic carbocycles. The Kier molecular flexibility index (Phi) is 17.0. The second-order valence-corrected chi connectivity index (χ2v) is 1.29. The highest BCUT2D eigenvalue weighted by Gasteiger charge is 1.82. The van der Waals surface area contributed by atoms with Crippen molar-refractivity contribution in [2.75, 3.05) is 6.61 Å². The highest BCUT2D eigenvalue weighted by Crippen LogP contribution is 1.66. The van der Waals surface area contributed by atoms with Crippen LogP contribution in [0.5, 0.6) is 0 Å². The van der Waals surface area contributed by atoms with Crippen LogP contribution in [-0.4, -0.2) is 29.3 Å². The molecule has 5 N–H and O–H groups in total. The van der Waals surface area contributed by atoms with Gasteiger partial charge in [0.15, 0.2) is 0 Å². The van der Waals surface area contributed by atoms with Crippen LogP contribution in [0.25, 0.3) is 0 Å². The molecule has 0 fully saturated rings. The molecule has 0 spiro atoms. The lowest BCUT2D eigenvalue weighted by atomic mass is 10.7. The second-order valence-electron chi connectivity index (χ2n) is 1.29. The Bertz CT molecular complexity index is 145. The molecule has 0 aliphatic heterocycles. The first-order valence-corrected chi connectivity index (χ1v) is 2.82. The van der Waals surface area contributed by atoms with Gasteiger partial charge in [-0.05, 0) is 6.92 Å². The van der Waals surface area contributed by atoms with Gasteiger partial charge in [0.1, 0.15) is 0 Å². The number of hydrogen-bond donors (Lipinski definition) is 2. The number of rotatable bonds is 2. The van der Waals surface area contributed by atoms with Crippen LogP contribution in [-0.2, 0) is 9.53 Å². The minimum Gasteiger partial charge on any atom is -0.478 e. The summed E-state index contributed by atoms with van der Waals surface area (Å²) >= 11 is 0. The van der Waals surface area contributed by atoms with E-state index in [1.165, 1.54) is 0 Å². The quantitative estimate of drug-likeness (QED) is 0.556. The van der Waals surface area contributed by atoms with Gasteiger partial charge in [0, 0.05) is 6.08 Å². The first-order valence-electron chi connectivity index (χ1n) is 2.82. The van der Waals surface area contributed by atoms with Crippen LogP contribution >= 0.6 is 0 Å². The van der Waals surface area contributed by atoms with E-state index in [1.807, 2.05) is 0 Å². The summed E-state index contributed by atoms with van der Waals surface area (Å²) in [6.07, 6.45) is 0.123. The van der Waals surface area contributed by atoms with Crippen LogP contribution in [0.15, 0.2) is 12.7 Å². The summed E-state index contributed by atoms with van der Waals surface area (Å²) in [6, 6.07) is 0. The number of carbonyl (C=O) groups is 2. The summed E-state index contributed by atoms with van der Waals surface area (Å²) in [4.78, 5) is 18.8. The molecule has 0 aromatic rings. The average Bonchev–Trinajstić information content (AvgIpc) is 1.89. The normalized spacial score (nSPS) is 6.42. The lowest BCUT2D eigenvalue weighted by Gasteiger charge is -1.89. The third kappa shape index (κ3) is 39.5. The van der Waals surface area contributed by atoms with Gasteiger partial charge in [-0.3, -0.25) is 0 Å². The van der Waals surface area contributed by atoms with Crippen LogP contribution in [0.1, 0.15) is 6.92 Å². The summed E-state index contributed by atoms with van der Waals surface area (Å²) in [6.45, 7) is 5.02. The third-order valence-electron chi connectivity index (χ3n) is 0.461. The molecule has 0 aromatic heterocycles. The Morgan fingerprint density at radius 1 is 1.67 bits per heavy atom. The standard InChI is InChI=1S/C3H7NO2.C3H4O2.H2O/c1-2-6-3(4)5;1-2-3(4)5;/h2H2,1H3,(H2,4,5);2H,1H2,(H,4,5);1H2. The van der Waals surface area contributed by atoms with Gasteiger partial charge < -0.3 is 21.1 Å². The summed E-state index contributed by atoms with van der Waals surface area (Å²) in [5.41, 5.74) is 4.54. The van der Waals surface area contributed by atoms with Gasteiger partial charge in [0.25, 0.3) is 0 Å². The molecule has 1 amide bonds. The van der Waals surface area contributed by atoms with Crippen molar-refractivity contribution in [3.05, 3.63) is 12.7 Å². The predicted molar refractivity (Wildman–Crippen MR) is 42.7 cm³/mol. The molecule has 0 radical (unpaired) electrons. The minimum absolute atomic E-state index is 0. The molecule has 0 rings (SSSR count). The Labute approximate surface area is 69.9 Å². The zero-order valence-corrected chi connectivity index (χ0v) is 6.74. The van der Waals surface area contributed by atoms with Gasteiger partial charge in [0.2, 0.25) is 0 Å². The van der Waals surface area contributed by atoms with E-state index in [-0.39, 0.29) is 5.48 Å². The van der Waals surface area contributed by atoms with Crippen LogP contribution < -0.4 is 5.73 Å². The molecule has 0 unspecified atom stereocenters. The minimum atomic E-state index is -0.981. The Morgan fingerprint density at radius 3 is 2.00 bits per heavy atom. The van der Waals surface area contributed by atoms with Crippen molar-refractivity contribution in [1.29, 1.82) is 0 Å². The third-order valence-corrected chi connectivity index (χ3v) is 0.461. The molecule has 0 saturated carbocycles. The molecule has 6 heteroatoms. The maximum Gasteiger partial charge on any atom is 0.404 e. The number of hydrogen-bond acceptors (Lipinski definition) is 3. The van der Waals surface area contributed by atoms with E-state index in [1.54, 1.807) is 6.92 Å². The van der Waals surface area contributed by atoms with Gasteiger partial charge in [-0.25, -0.2) is 9.59 Å². The Morgan fingerprint density at radius 2 is 2.00 bits per heavy atom. The van der Waals surface area contributed by atoms with Gasteiger partial charge in [-0.2, -0.15) is 0 Å². The largest absolute Gasteiger partial charge is 0.478 e. The predicted octanol–water partition coefficient (Wildman–Crippen LogP) is -0.466.